The minimum atomic E-state index is 0.0177. The number of rotatable bonds is 3. The van der Waals surface area contributed by atoms with Crippen molar-refractivity contribution < 1.29 is 14.3 Å². The van der Waals surface area contributed by atoms with Crippen molar-refractivity contribution in [2.24, 2.45) is 12.5 Å². The molecule has 1 fully saturated rings. The number of carbonyl (C=O) groups excluding carboxylic acids is 1. The topological polar surface area (TPSA) is 56.6 Å². The number of benzene rings is 1. The maximum Gasteiger partial charge on any atom is 0.289 e. The average molecular weight is 341 g/mol. The minimum Gasteiger partial charge on any atom is -0.454 e. The van der Waals surface area contributed by atoms with Crippen LogP contribution in [0.5, 0.6) is 11.5 Å². The van der Waals surface area contributed by atoms with E-state index in [1.807, 2.05) is 24.2 Å². The molecule has 25 heavy (non-hydrogen) atoms. The monoisotopic (exact) mass is 341 g/mol. The smallest absolute Gasteiger partial charge is 0.289 e. The fourth-order valence-electron chi connectivity index (χ4n) is 3.89. The Morgan fingerprint density at radius 1 is 1.32 bits per heavy atom. The lowest BCUT2D eigenvalue weighted by Crippen LogP contribution is -2.46. The third-order valence-corrected chi connectivity index (χ3v) is 5.15. The maximum absolute atomic E-state index is 12.8. The summed E-state index contributed by atoms with van der Waals surface area (Å²) in [5, 5.41) is 0. The Labute approximate surface area is 147 Å². The fraction of sp³-hybridized carbons (Fsp3) is 0.474. The van der Waals surface area contributed by atoms with Crippen LogP contribution in [0.3, 0.4) is 0 Å². The van der Waals surface area contributed by atoms with Gasteiger partial charge in [-0.05, 0) is 42.4 Å². The zero-order valence-electron chi connectivity index (χ0n) is 14.7. The van der Waals surface area contributed by atoms with E-state index in [0.29, 0.717) is 12.6 Å². The summed E-state index contributed by atoms with van der Waals surface area (Å²) in [5.41, 5.74) is 1.27. The summed E-state index contributed by atoms with van der Waals surface area (Å²) in [6.07, 6.45) is 6.50. The molecule has 4 rings (SSSR count). The summed E-state index contributed by atoms with van der Waals surface area (Å²) in [5.74, 6) is 2.15. The first kappa shape index (κ1) is 16.0. The zero-order valence-corrected chi connectivity index (χ0v) is 14.7. The molecule has 0 spiro atoms. The number of piperidine rings is 1. The minimum absolute atomic E-state index is 0.0177. The van der Waals surface area contributed by atoms with E-state index in [1.165, 1.54) is 5.56 Å². The lowest BCUT2D eigenvalue weighted by molar-refractivity contribution is 0.0535. The number of ether oxygens (including phenoxy) is 2. The number of amides is 1. The van der Waals surface area contributed by atoms with Crippen molar-refractivity contribution >= 4 is 5.91 Å². The van der Waals surface area contributed by atoms with Gasteiger partial charge in [-0.3, -0.25) is 4.79 Å². The first-order valence-corrected chi connectivity index (χ1v) is 8.69. The maximum atomic E-state index is 12.8. The Morgan fingerprint density at radius 2 is 2.16 bits per heavy atom. The normalized spacial score (nSPS) is 22.2. The number of nitrogens with zero attached hydrogens (tertiary/aromatic N) is 3. The van der Waals surface area contributed by atoms with E-state index in [1.54, 1.807) is 10.8 Å². The molecule has 0 bridgehead atoms. The molecule has 1 saturated heterocycles. The molecule has 0 radical (unpaired) electrons. The molecular formula is C19H23N3O3. The Balaban J connectivity index is 1.49. The van der Waals surface area contributed by atoms with Gasteiger partial charge in [0.25, 0.3) is 5.91 Å². The first-order chi connectivity index (χ1) is 12.0. The van der Waals surface area contributed by atoms with Crippen molar-refractivity contribution in [3.63, 3.8) is 0 Å². The third kappa shape index (κ3) is 3.08. The Bertz CT molecular complexity index is 801. The number of hydrogen-bond acceptors (Lipinski definition) is 4. The summed E-state index contributed by atoms with van der Waals surface area (Å²) >= 11 is 0. The highest BCUT2D eigenvalue weighted by Crippen LogP contribution is 2.37. The lowest BCUT2D eigenvalue weighted by atomic mass is 9.77. The zero-order chi connectivity index (χ0) is 17.4. The van der Waals surface area contributed by atoms with Crippen LogP contribution in [0.15, 0.2) is 30.6 Å². The van der Waals surface area contributed by atoms with Gasteiger partial charge in [-0.25, -0.2) is 4.98 Å². The van der Waals surface area contributed by atoms with Crippen molar-refractivity contribution in [1.82, 2.24) is 14.5 Å². The van der Waals surface area contributed by atoms with Crippen LogP contribution in [0, 0.1) is 5.41 Å². The van der Waals surface area contributed by atoms with Crippen molar-refractivity contribution in [2.45, 2.75) is 26.2 Å². The van der Waals surface area contributed by atoms with Crippen molar-refractivity contribution in [3.8, 4) is 11.5 Å². The van der Waals surface area contributed by atoms with Crippen molar-refractivity contribution in [2.75, 3.05) is 19.9 Å². The molecule has 0 N–H and O–H groups in total. The van der Waals surface area contributed by atoms with Gasteiger partial charge in [0.05, 0.1) is 0 Å². The molecular weight excluding hydrogens is 318 g/mol. The molecule has 6 nitrogen and oxygen atoms in total. The SMILES string of the molecule is Cn1ccnc1C(=O)N1CCC[C@@](C)(Cc2ccc3c(c2)OCO3)C1. The summed E-state index contributed by atoms with van der Waals surface area (Å²) < 4.78 is 12.7. The van der Waals surface area contributed by atoms with Crippen LogP contribution in [0.1, 0.15) is 35.9 Å². The van der Waals surface area contributed by atoms with Gasteiger partial charge in [-0.2, -0.15) is 0 Å². The van der Waals surface area contributed by atoms with Crippen LogP contribution in [0.2, 0.25) is 0 Å². The van der Waals surface area contributed by atoms with Gasteiger partial charge in [0.1, 0.15) is 0 Å². The predicted molar refractivity (Wildman–Crippen MR) is 92.7 cm³/mol. The second kappa shape index (κ2) is 6.10. The second-order valence-electron chi connectivity index (χ2n) is 7.37. The molecule has 132 valence electrons. The summed E-state index contributed by atoms with van der Waals surface area (Å²) in [6.45, 7) is 4.09. The molecule has 0 aliphatic carbocycles. The number of carbonyl (C=O) groups is 1. The van der Waals surface area contributed by atoms with E-state index < -0.39 is 0 Å². The molecule has 2 aliphatic heterocycles. The summed E-state index contributed by atoms with van der Waals surface area (Å²) in [6, 6.07) is 6.13. The van der Waals surface area contributed by atoms with Gasteiger partial charge >= 0.3 is 0 Å². The Morgan fingerprint density at radius 3 is 2.96 bits per heavy atom. The van der Waals surface area contributed by atoms with E-state index in [4.69, 9.17) is 9.47 Å². The predicted octanol–water partition coefficient (Wildman–Crippen LogP) is 2.63. The van der Waals surface area contributed by atoms with Crippen molar-refractivity contribution in [3.05, 3.63) is 42.0 Å². The number of likely N-dealkylation sites (tertiary alicyclic amines) is 1. The van der Waals surface area contributed by atoms with Crippen molar-refractivity contribution in [1.29, 1.82) is 0 Å². The molecule has 1 atom stereocenters. The second-order valence-corrected chi connectivity index (χ2v) is 7.37. The number of aryl methyl sites for hydroxylation is 1. The molecule has 1 amide bonds. The molecule has 1 aromatic carbocycles. The number of imidazole rings is 1. The average Bonchev–Trinajstić information content (AvgIpc) is 3.22. The Kier molecular flexibility index (Phi) is 3.90. The van der Waals surface area contributed by atoms with Crippen LogP contribution in [0.4, 0.5) is 0 Å². The van der Waals surface area contributed by atoms with Crippen LogP contribution in [-0.2, 0) is 13.5 Å². The van der Waals surface area contributed by atoms with Crippen LogP contribution in [0.25, 0.3) is 0 Å². The number of fused-ring (bicyclic) bond motifs is 1. The van der Waals surface area contributed by atoms with E-state index in [-0.39, 0.29) is 11.3 Å². The highest BCUT2D eigenvalue weighted by atomic mass is 16.7. The van der Waals surface area contributed by atoms with E-state index in [9.17, 15) is 4.79 Å². The van der Waals surface area contributed by atoms with E-state index in [2.05, 4.69) is 24.0 Å². The van der Waals surface area contributed by atoms with Gasteiger partial charge < -0.3 is 18.9 Å². The van der Waals surface area contributed by atoms with Gasteiger partial charge in [0.2, 0.25) is 6.79 Å². The molecule has 3 heterocycles. The highest BCUT2D eigenvalue weighted by Gasteiger charge is 2.34. The largest absolute Gasteiger partial charge is 0.454 e. The lowest BCUT2D eigenvalue weighted by Gasteiger charge is -2.40. The van der Waals surface area contributed by atoms with E-state index >= 15 is 0 Å². The summed E-state index contributed by atoms with van der Waals surface area (Å²) in [4.78, 5) is 18.9. The third-order valence-electron chi connectivity index (χ3n) is 5.15. The van der Waals surface area contributed by atoms with Crippen LogP contribution in [-0.4, -0.2) is 40.2 Å². The van der Waals surface area contributed by atoms with Gasteiger partial charge in [0.15, 0.2) is 17.3 Å². The molecule has 0 saturated carbocycles. The van der Waals surface area contributed by atoms with Crippen LogP contribution >= 0.6 is 0 Å². The molecule has 0 unspecified atom stereocenters. The van der Waals surface area contributed by atoms with Gasteiger partial charge in [-0.1, -0.05) is 13.0 Å². The molecule has 2 aliphatic rings. The summed E-state index contributed by atoms with van der Waals surface area (Å²) in [7, 11) is 1.86. The number of aromatic nitrogens is 2. The quantitative estimate of drug-likeness (QED) is 0.861. The molecule has 2 aromatic rings. The van der Waals surface area contributed by atoms with Gasteiger partial charge in [-0.15, -0.1) is 0 Å². The first-order valence-electron chi connectivity index (χ1n) is 8.69. The van der Waals surface area contributed by atoms with Gasteiger partial charge in [0, 0.05) is 32.5 Å². The highest BCUT2D eigenvalue weighted by molar-refractivity contribution is 5.90. The van der Waals surface area contributed by atoms with E-state index in [0.717, 1.165) is 43.9 Å². The number of hydrogen-bond donors (Lipinski definition) is 0. The Hall–Kier alpha value is -2.50. The fourth-order valence-corrected chi connectivity index (χ4v) is 3.89. The molecule has 1 aromatic heterocycles. The standard InChI is InChI=1S/C19H23N3O3/c1-19(11-14-4-5-15-16(10-14)25-13-24-15)6-3-8-22(12-19)18(23)17-20-7-9-21(17)2/h4-5,7,9-10H,3,6,8,11-13H2,1-2H3/t19-/m0/s1. The van der Waals surface area contributed by atoms with Crippen LogP contribution < -0.4 is 9.47 Å². The molecule has 6 heteroatoms.